The molecule has 0 saturated heterocycles. The van der Waals surface area contributed by atoms with Crippen LogP contribution in [0.3, 0.4) is 0 Å². The molecule has 0 unspecified atom stereocenters. The Bertz CT molecular complexity index is 315. The minimum atomic E-state index is -2.48. The van der Waals surface area contributed by atoms with Crippen molar-refractivity contribution < 1.29 is 32.7 Å². The lowest BCUT2D eigenvalue weighted by molar-refractivity contribution is -0.145. The maximum Gasteiger partial charge on any atom is 0.500 e. The first-order valence-electron chi connectivity index (χ1n) is 7.10. The summed E-state index contributed by atoms with van der Waals surface area (Å²) in [5.41, 5.74) is 0. The Morgan fingerprint density at radius 1 is 1.00 bits per heavy atom. The Morgan fingerprint density at radius 3 is 2.18 bits per heavy atom. The molecule has 0 aliphatic rings. The molecule has 22 heavy (non-hydrogen) atoms. The minimum absolute atomic E-state index is 0.0200. The molecule has 0 atom stereocenters. The molecule has 0 rings (SSSR count). The molecule has 9 heteroatoms. The molecule has 0 aromatic heterocycles. The average Bonchev–Trinajstić information content (AvgIpc) is 2.51. The van der Waals surface area contributed by atoms with Crippen molar-refractivity contribution in [3.8, 4) is 0 Å². The van der Waals surface area contributed by atoms with Gasteiger partial charge in [-0.3, -0.25) is 9.59 Å². The topological polar surface area (TPSA) is 91.3 Å². The molecule has 0 aromatic rings. The molecule has 0 aliphatic carbocycles. The van der Waals surface area contributed by atoms with E-state index in [9.17, 15) is 9.59 Å². The molecular formula is C13H26O7SSi. The van der Waals surface area contributed by atoms with Crippen LogP contribution in [0.5, 0.6) is 0 Å². The number of carboxylic acid groups (broad SMARTS) is 1. The second-order valence-electron chi connectivity index (χ2n) is 4.48. The van der Waals surface area contributed by atoms with E-state index < -0.39 is 14.8 Å². The van der Waals surface area contributed by atoms with Crippen LogP contribution in [0.2, 0.25) is 6.04 Å². The number of ether oxygens (including phenoxy) is 1. The Morgan fingerprint density at radius 2 is 1.64 bits per heavy atom. The number of carboxylic acids is 1. The first-order chi connectivity index (χ1) is 10.5. The molecule has 1 N–H and O–H groups in total. The van der Waals surface area contributed by atoms with Crippen LogP contribution in [0.1, 0.15) is 25.7 Å². The first kappa shape index (κ1) is 21.4. The summed E-state index contributed by atoms with van der Waals surface area (Å²) in [4.78, 5) is 21.7. The summed E-state index contributed by atoms with van der Waals surface area (Å²) < 4.78 is 20.9. The number of thioether (sulfide) groups is 1. The van der Waals surface area contributed by atoms with E-state index in [1.807, 2.05) is 0 Å². The number of rotatable bonds is 14. The van der Waals surface area contributed by atoms with Crippen LogP contribution in [0.25, 0.3) is 0 Å². The molecular weight excluding hydrogens is 328 g/mol. The molecule has 0 amide bonds. The third-order valence-electron chi connectivity index (χ3n) is 2.95. The summed E-state index contributed by atoms with van der Waals surface area (Å²) in [6.45, 7) is 0.166. The number of hydrogen-bond donors (Lipinski definition) is 1. The van der Waals surface area contributed by atoms with Crippen molar-refractivity contribution in [3.05, 3.63) is 0 Å². The minimum Gasteiger partial charge on any atom is -0.481 e. The van der Waals surface area contributed by atoms with Gasteiger partial charge in [-0.15, -0.1) is 0 Å². The van der Waals surface area contributed by atoms with Crippen molar-refractivity contribution in [1.29, 1.82) is 0 Å². The highest BCUT2D eigenvalue weighted by Crippen LogP contribution is 2.17. The number of carbonyl (C=O) groups is 2. The summed E-state index contributed by atoms with van der Waals surface area (Å²) in [6.07, 6.45) is 1.59. The smallest absolute Gasteiger partial charge is 0.481 e. The number of esters is 1. The zero-order chi connectivity index (χ0) is 16.8. The van der Waals surface area contributed by atoms with E-state index in [0.29, 0.717) is 18.6 Å². The fourth-order valence-electron chi connectivity index (χ4n) is 1.69. The van der Waals surface area contributed by atoms with E-state index in [0.717, 1.165) is 18.2 Å². The van der Waals surface area contributed by atoms with E-state index in [1.165, 1.54) is 0 Å². The zero-order valence-electron chi connectivity index (χ0n) is 13.5. The quantitative estimate of drug-likeness (QED) is 0.287. The summed E-state index contributed by atoms with van der Waals surface area (Å²) in [7, 11) is 2.29. The maximum atomic E-state index is 11.4. The molecule has 0 aliphatic heterocycles. The molecule has 0 fully saturated rings. The Kier molecular flexibility index (Phi) is 12.5. The van der Waals surface area contributed by atoms with Gasteiger partial charge in [0.05, 0.1) is 13.0 Å². The summed E-state index contributed by atoms with van der Waals surface area (Å²) in [5, 5.41) is 8.45. The van der Waals surface area contributed by atoms with Crippen LogP contribution >= 0.6 is 11.8 Å². The number of hydrogen-bond acceptors (Lipinski definition) is 7. The monoisotopic (exact) mass is 354 g/mol. The van der Waals surface area contributed by atoms with Gasteiger partial charge in [0.2, 0.25) is 0 Å². The predicted octanol–water partition coefficient (Wildman–Crippen LogP) is 1.79. The highest BCUT2D eigenvalue weighted by atomic mass is 32.2. The molecule has 0 radical (unpaired) electrons. The summed E-state index contributed by atoms with van der Waals surface area (Å²) in [6, 6.07) is 0.739. The Hall–Kier alpha value is -0.613. The highest BCUT2D eigenvalue weighted by molar-refractivity contribution is 7.99. The van der Waals surface area contributed by atoms with E-state index in [1.54, 1.807) is 33.1 Å². The van der Waals surface area contributed by atoms with Gasteiger partial charge in [-0.05, 0) is 18.6 Å². The van der Waals surface area contributed by atoms with E-state index in [4.69, 9.17) is 23.1 Å². The third-order valence-corrected chi connectivity index (χ3v) is 6.86. The van der Waals surface area contributed by atoms with Crippen LogP contribution in [0.4, 0.5) is 0 Å². The second-order valence-corrected chi connectivity index (χ2v) is 8.79. The van der Waals surface area contributed by atoms with Crippen LogP contribution < -0.4 is 0 Å². The second kappa shape index (κ2) is 12.9. The molecule has 0 spiro atoms. The van der Waals surface area contributed by atoms with Crippen molar-refractivity contribution in [1.82, 2.24) is 0 Å². The summed E-state index contributed by atoms with van der Waals surface area (Å²) in [5.74, 6) is 0.401. The van der Waals surface area contributed by atoms with Gasteiger partial charge < -0.3 is 23.1 Å². The SMILES string of the molecule is CO[Si](CCCSCCC(=O)OCCCC(=O)O)(OC)OC. The van der Waals surface area contributed by atoms with Crippen molar-refractivity contribution in [2.45, 2.75) is 31.7 Å². The molecule has 130 valence electrons. The van der Waals surface area contributed by atoms with Crippen molar-refractivity contribution >= 4 is 32.5 Å². The molecule has 0 saturated carbocycles. The molecule has 7 nitrogen and oxygen atoms in total. The largest absolute Gasteiger partial charge is 0.500 e. The Labute approximate surface area is 137 Å². The highest BCUT2D eigenvalue weighted by Gasteiger charge is 2.36. The third kappa shape index (κ3) is 10.2. The Balaban J connectivity index is 3.56. The lowest BCUT2D eigenvalue weighted by Crippen LogP contribution is -2.42. The van der Waals surface area contributed by atoms with Crippen LogP contribution in [0, 0.1) is 0 Å². The van der Waals surface area contributed by atoms with Crippen molar-refractivity contribution in [2.75, 3.05) is 39.4 Å². The maximum absolute atomic E-state index is 11.4. The lowest BCUT2D eigenvalue weighted by atomic mass is 10.3. The van der Waals surface area contributed by atoms with Gasteiger partial charge in [0, 0.05) is 39.5 Å². The fourth-order valence-corrected chi connectivity index (χ4v) is 4.53. The van der Waals surface area contributed by atoms with Crippen LogP contribution in [-0.4, -0.2) is 65.3 Å². The molecule has 0 heterocycles. The van der Waals surface area contributed by atoms with E-state index in [2.05, 4.69) is 0 Å². The summed E-state index contributed by atoms with van der Waals surface area (Å²) >= 11 is 1.66. The fraction of sp³-hybridized carbons (Fsp3) is 0.846. The molecule has 0 aromatic carbocycles. The van der Waals surface area contributed by atoms with Gasteiger partial charge in [-0.2, -0.15) is 11.8 Å². The number of carbonyl (C=O) groups excluding carboxylic acids is 1. The normalized spacial score (nSPS) is 11.4. The van der Waals surface area contributed by atoms with Gasteiger partial charge in [0.25, 0.3) is 0 Å². The first-order valence-corrected chi connectivity index (χ1v) is 10.2. The van der Waals surface area contributed by atoms with Gasteiger partial charge in [-0.25, -0.2) is 0 Å². The molecule has 0 bridgehead atoms. The zero-order valence-corrected chi connectivity index (χ0v) is 15.3. The van der Waals surface area contributed by atoms with Crippen LogP contribution in [-0.2, 0) is 27.6 Å². The van der Waals surface area contributed by atoms with Gasteiger partial charge in [0.1, 0.15) is 0 Å². The van der Waals surface area contributed by atoms with Gasteiger partial charge in [0.15, 0.2) is 0 Å². The van der Waals surface area contributed by atoms with Gasteiger partial charge in [-0.1, -0.05) is 0 Å². The van der Waals surface area contributed by atoms with Gasteiger partial charge >= 0.3 is 20.7 Å². The predicted molar refractivity (Wildman–Crippen MR) is 86.0 cm³/mol. The van der Waals surface area contributed by atoms with Crippen molar-refractivity contribution in [2.24, 2.45) is 0 Å². The van der Waals surface area contributed by atoms with Crippen LogP contribution in [0.15, 0.2) is 0 Å². The average molecular weight is 354 g/mol. The standard InChI is InChI=1S/C13H26O7SSi/c1-17-22(18-2,19-3)11-5-9-21-10-7-13(16)20-8-4-6-12(14)15/h4-11H2,1-3H3,(H,14,15). The van der Waals surface area contributed by atoms with E-state index in [-0.39, 0.29) is 19.0 Å². The van der Waals surface area contributed by atoms with Crippen molar-refractivity contribution in [3.63, 3.8) is 0 Å². The van der Waals surface area contributed by atoms with E-state index >= 15 is 0 Å². The number of aliphatic carboxylic acids is 1. The lowest BCUT2D eigenvalue weighted by Gasteiger charge is -2.24.